The monoisotopic (exact) mass is 373 g/mol. The van der Waals surface area contributed by atoms with Crippen molar-refractivity contribution in [2.45, 2.75) is 45.6 Å². The van der Waals surface area contributed by atoms with Gasteiger partial charge in [0, 0.05) is 30.3 Å². The molecule has 0 bridgehead atoms. The molecule has 0 saturated heterocycles. The number of hydrogen-bond donors (Lipinski definition) is 1. The van der Waals surface area contributed by atoms with Gasteiger partial charge in [-0.2, -0.15) is 4.57 Å². The Kier molecular flexibility index (Phi) is 5.20. The molecule has 1 N–H and O–H groups in total. The summed E-state index contributed by atoms with van der Waals surface area (Å²) in [5, 5.41) is 8.67. The number of rotatable bonds is 3. The molecule has 1 aromatic heterocycles. The molecule has 2 aromatic rings. The third-order valence-corrected chi connectivity index (χ3v) is 6.81. The van der Waals surface area contributed by atoms with Crippen LogP contribution >= 0.6 is 0 Å². The Morgan fingerprint density at radius 3 is 2.54 bits per heavy atom. The van der Waals surface area contributed by atoms with E-state index in [9.17, 15) is 0 Å². The fourth-order valence-electron chi connectivity index (χ4n) is 4.47. The smallest absolute Gasteiger partial charge is 0.218 e. The van der Waals surface area contributed by atoms with Crippen LogP contribution in [-0.4, -0.2) is 22.5 Å². The fourth-order valence-corrected chi connectivity index (χ4v) is 4.47. The van der Waals surface area contributed by atoms with E-state index in [-0.39, 0.29) is 5.41 Å². The number of nitrogens with zero attached hydrogens (tertiary/aromatic N) is 2. The molecule has 144 valence electrons. The summed E-state index contributed by atoms with van der Waals surface area (Å²) >= 11 is 0. The maximum atomic E-state index is 8.67. The minimum atomic E-state index is -0.427. The highest BCUT2D eigenvalue weighted by Crippen LogP contribution is 2.44. The average molecular weight is 374 g/mol. The SMILES string of the molecule is C=C[N+](=C)C1(C)CC(=C)[n+]2ccccc2-c2ccccc2CCC1(C)C(C)=N. The number of fused-ring (bicyclic) bond motifs is 3. The van der Waals surface area contributed by atoms with E-state index in [2.05, 4.69) is 80.9 Å². The number of nitrogens with one attached hydrogen (secondary N) is 1. The molecule has 0 aliphatic carbocycles. The Morgan fingerprint density at radius 1 is 1.18 bits per heavy atom. The van der Waals surface area contributed by atoms with Crippen LogP contribution < -0.4 is 4.57 Å². The molecule has 28 heavy (non-hydrogen) atoms. The first kappa shape index (κ1) is 19.9. The van der Waals surface area contributed by atoms with Crippen LogP contribution in [0.5, 0.6) is 0 Å². The van der Waals surface area contributed by atoms with E-state index >= 15 is 0 Å². The zero-order chi connectivity index (χ0) is 20.5. The van der Waals surface area contributed by atoms with Crippen LogP contribution in [0.15, 0.2) is 68.0 Å². The van der Waals surface area contributed by atoms with Crippen molar-refractivity contribution >= 4 is 18.1 Å². The van der Waals surface area contributed by atoms with Gasteiger partial charge in [0.2, 0.25) is 5.69 Å². The highest BCUT2D eigenvalue weighted by molar-refractivity contribution is 5.86. The summed E-state index contributed by atoms with van der Waals surface area (Å²) < 4.78 is 4.10. The molecule has 0 fully saturated rings. The van der Waals surface area contributed by atoms with Crippen molar-refractivity contribution in [2.24, 2.45) is 5.41 Å². The van der Waals surface area contributed by atoms with Crippen molar-refractivity contribution in [1.29, 1.82) is 5.41 Å². The second-order valence-corrected chi connectivity index (χ2v) is 8.24. The Balaban J connectivity index is 2.29. The van der Waals surface area contributed by atoms with Gasteiger partial charge >= 0.3 is 0 Å². The molecule has 3 nitrogen and oxygen atoms in total. The van der Waals surface area contributed by atoms with Crippen LogP contribution in [0.1, 0.15) is 39.2 Å². The molecule has 2 unspecified atom stereocenters. The standard InChI is InChI=1S/C25H31N3/c1-7-27(6)25(5)18-19(2)28-17-11-10-14-23(28)22-13-9-8-12-21(22)15-16-24(25,4)20(3)26/h7-14,17,26H,1-2,6,15-16,18H2,3-5H3/q+2. The lowest BCUT2D eigenvalue weighted by molar-refractivity contribution is -0.589. The Labute approximate surface area is 168 Å². The van der Waals surface area contributed by atoms with Crippen molar-refractivity contribution < 1.29 is 9.14 Å². The first-order chi connectivity index (χ1) is 13.2. The largest absolute Gasteiger partial charge is 0.309 e. The second-order valence-electron chi connectivity index (χ2n) is 8.24. The summed E-state index contributed by atoms with van der Waals surface area (Å²) in [7, 11) is 0. The van der Waals surface area contributed by atoms with Gasteiger partial charge in [-0.15, -0.1) is 0 Å². The molecule has 2 atom stereocenters. The van der Waals surface area contributed by atoms with E-state index in [1.165, 1.54) is 11.1 Å². The Hall–Kier alpha value is -2.81. The van der Waals surface area contributed by atoms with Crippen molar-refractivity contribution in [3.63, 3.8) is 0 Å². The van der Waals surface area contributed by atoms with Gasteiger partial charge in [0.25, 0.3) is 0 Å². The zero-order valence-electron chi connectivity index (χ0n) is 17.3. The fraction of sp³-hybridized carbons (Fsp3) is 0.320. The van der Waals surface area contributed by atoms with E-state index in [1.807, 2.05) is 17.6 Å². The van der Waals surface area contributed by atoms with Crippen molar-refractivity contribution in [1.82, 2.24) is 0 Å². The average Bonchev–Trinajstić information content (AvgIpc) is 2.70. The van der Waals surface area contributed by atoms with E-state index in [0.29, 0.717) is 12.1 Å². The molecule has 0 saturated carbocycles. The van der Waals surface area contributed by atoms with Crippen LogP contribution in [0.4, 0.5) is 0 Å². The number of pyridine rings is 1. The summed E-state index contributed by atoms with van der Waals surface area (Å²) in [4.78, 5) is 0. The lowest BCUT2D eigenvalue weighted by atomic mass is 9.63. The number of benzene rings is 1. The lowest BCUT2D eigenvalue weighted by Crippen LogP contribution is -2.56. The van der Waals surface area contributed by atoms with E-state index in [0.717, 1.165) is 24.2 Å². The van der Waals surface area contributed by atoms with Crippen molar-refractivity contribution in [3.8, 4) is 11.3 Å². The molecular formula is C25H31N3+2. The van der Waals surface area contributed by atoms with Crippen LogP contribution in [0.25, 0.3) is 17.0 Å². The van der Waals surface area contributed by atoms with E-state index in [4.69, 9.17) is 5.41 Å². The van der Waals surface area contributed by atoms with Gasteiger partial charge in [-0.25, -0.2) is 4.58 Å². The third-order valence-electron chi connectivity index (χ3n) is 6.81. The molecule has 1 aromatic carbocycles. The van der Waals surface area contributed by atoms with Crippen LogP contribution in [0, 0.1) is 10.8 Å². The molecule has 1 aliphatic rings. The molecular weight excluding hydrogens is 342 g/mol. The molecule has 3 rings (SSSR count). The Bertz CT molecular complexity index is 971. The van der Waals surface area contributed by atoms with Gasteiger partial charge in [-0.3, -0.25) is 0 Å². The predicted octanol–water partition coefficient (Wildman–Crippen LogP) is 5.11. The van der Waals surface area contributed by atoms with Gasteiger partial charge in [0.15, 0.2) is 23.6 Å². The normalized spacial score (nSPS) is 24.6. The van der Waals surface area contributed by atoms with Gasteiger partial charge in [0.05, 0.1) is 11.8 Å². The minimum Gasteiger partial charge on any atom is -0.309 e. The highest BCUT2D eigenvalue weighted by Gasteiger charge is 2.55. The van der Waals surface area contributed by atoms with Crippen LogP contribution in [0.2, 0.25) is 0 Å². The lowest BCUT2D eigenvalue weighted by Gasteiger charge is -2.42. The summed E-state index contributed by atoms with van der Waals surface area (Å²) in [6, 6.07) is 14.8. The van der Waals surface area contributed by atoms with E-state index in [1.54, 1.807) is 6.20 Å². The number of aryl methyl sites for hydroxylation is 1. The van der Waals surface area contributed by atoms with Crippen LogP contribution in [-0.2, 0) is 6.42 Å². The molecule has 2 heterocycles. The first-order valence-corrected chi connectivity index (χ1v) is 9.80. The predicted molar refractivity (Wildman–Crippen MR) is 118 cm³/mol. The first-order valence-electron chi connectivity index (χ1n) is 9.80. The highest BCUT2D eigenvalue weighted by atomic mass is 15.1. The summed E-state index contributed by atoms with van der Waals surface area (Å²) in [6.45, 7) is 18.9. The van der Waals surface area contributed by atoms with Gasteiger partial charge in [-0.1, -0.05) is 18.2 Å². The maximum Gasteiger partial charge on any atom is 0.218 e. The molecule has 0 amide bonds. The molecule has 3 heteroatoms. The summed E-state index contributed by atoms with van der Waals surface area (Å²) in [5.41, 5.74) is 4.51. The number of aromatic nitrogens is 1. The minimum absolute atomic E-state index is 0.383. The summed E-state index contributed by atoms with van der Waals surface area (Å²) in [5.74, 6) is 0. The zero-order valence-corrected chi connectivity index (χ0v) is 17.3. The molecule has 0 radical (unpaired) electrons. The van der Waals surface area contributed by atoms with Crippen molar-refractivity contribution in [3.05, 3.63) is 73.6 Å². The quantitative estimate of drug-likeness (QED) is 0.573. The maximum absolute atomic E-state index is 8.67. The van der Waals surface area contributed by atoms with Crippen LogP contribution in [0.3, 0.4) is 0 Å². The van der Waals surface area contributed by atoms with Crippen molar-refractivity contribution in [2.75, 3.05) is 0 Å². The molecule has 1 aliphatic heterocycles. The topological polar surface area (TPSA) is 30.7 Å². The van der Waals surface area contributed by atoms with Gasteiger partial charge in [0.1, 0.15) is 6.72 Å². The van der Waals surface area contributed by atoms with Gasteiger partial charge in [-0.05, 0) is 57.5 Å². The summed E-state index contributed by atoms with van der Waals surface area (Å²) in [6.07, 6.45) is 6.27. The number of hydrogen-bond acceptors (Lipinski definition) is 1. The third kappa shape index (κ3) is 3.05. The Morgan fingerprint density at radius 2 is 1.86 bits per heavy atom. The molecule has 0 spiro atoms. The van der Waals surface area contributed by atoms with E-state index < -0.39 is 5.54 Å². The van der Waals surface area contributed by atoms with Gasteiger partial charge < -0.3 is 5.41 Å². The second kappa shape index (κ2) is 7.31.